The zero-order valence-corrected chi connectivity index (χ0v) is 19.4. The molecule has 4 aromatic heterocycles. The zero-order valence-electron chi connectivity index (χ0n) is 17.8. The van der Waals surface area contributed by atoms with Crippen molar-refractivity contribution >= 4 is 59.9 Å². The minimum absolute atomic E-state index is 0.196. The second kappa shape index (κ2) is 7.54. The summed E-state index contributed by atoms with van der Waals surface area (Å²) in [6.45, 7) is 0.680. The Balaban J connectivity index is 1.58. The van der Waals surface area contributed by atoms with Gasteiger partial charge in [0.1, 0.15) is 17.3 Å². The molecule has 1 aliphatic heterocycles. The molecule has 7 rings (SSSR count). The van der Waals surface area contributed by atoms with E-state index in [1.54, 1.807) is 16.9 Å². The van der Waals surface area contributed by atoms with Crippen molar-refractivity contribution in [2.75, 3.05) is 6.61 Å². The molecule has 0 N–H and O–H groups in total. The van der Waals surface area contributed by atoms with Gasteiger partial charge in [-0.25, -0.2) is 19.0 Å². The lowest BCUT2D eigenvalue weighted by atomic mass is 9.96. The highest BCUT2D eigenvalue weighted by molar-refractivity contribution is 9.10. The van der Waals surface area contributed by atoms with Gasteiger partial charge in [0.2, 0.25) is 5.71 Å². The Morgan fingerprint density at radius 1 is 1.00 bits per heavy atom. The molecule has 168 valence electrons. The predicted molar refractivity (Wildman–Crippen MR) is 130 cm³/mol. The van der Waals surface area contributed by atoms with Crippen molar-refractivity contribution in [3.63, 3.8) is 0 Å². The van der Waals surface area contributed by atoms with Crippen molar-refractivity contribution in [2.45, 2.75) is 25.5 Å². The summed E-state index contributed by atoms with van der Waals surface area (Å²) in [6.07, 6.45) is 7.75. The quantitative estimate of drug-likeness (QED) is 0.242. The number of oxazole rings is 1. The lowest BCUT2D eigenvalue weighted by molar-refractivity contribution is -0.0391. The van der Waals surface area contributed by atoms with Gasteiger partial charge in [-0.2, -0.15) is 5.10 Å². The summed E-state index contributed by atoms with van der Waals surface area (Å²) in [5.74, 6) is -0.376. The first-order valence-corrected chi connectivity index (χ1v) is 11.9. The highest BCUT2D eigenvalue weighted by Crippen LogP contribution is 2.42. The maximum absolute atomic E-state index is 14.9. The van der Waals surface area contributed by atoms with Crippen LogP contribution in [-0.2, 0) is 4.74 Å². The van der Waals surface area contributed by atoms with Crippen LogP contribution in [0.15, 0.2) is 58.0 Å². The number of benzene rings is 2. The predicted octanol–water partition coefficient (Wildman–Crippen LogP) is 6.54. The lowest BCUT2D eigenvalue weighted by Gasteiger charge is -2.22. The van der Waals surface area contributed by atoms with Crippen LogP contribution in [0.1, 0.15) is 25.5 Å². The van der Waals surface area contributed by atoms with Crippen LogP contribution in [0.5, 0.6) is 0 Å². The normalized spacial score (nSPS) is 16.8. The Hall–Kier alpha value is -3.43. The third kappa shape index (κ3) is 2.90. The van der Waals surface area contributed by atoms with Gasteiger partial charge in [-0.05, 0) is 65.0 Å². The Labute approximate surface area is 200 Å². The molecule has 0 amide bonds. The fourth-order valence-corrected chi connectivity index (χ4v) is 5.43. The van der Waals surface area contributed by atoms with E-state index in [2.05, 4.69) is 31.0 Å². The van der Waals surface area contributed by atoms with Gasteiger partial charge in [0.15, 0.2) is 12.2 Å². The highest BCUT2D eigenvalue weighted by atomic mass is 79.9. The fraction of sp³-hybridized carbons (Fsp3) is 0.200. The van der Waals surface area contributed by atoms with Gasteiger partial charge in [0.25, 0.3) is 0 Å². The minimum Gasteiger partial charge on any atom is -0.425 e. The van der Waals surface area contributed by atoms with Crippen LogP contribution in [0.4, 0.5) is 4.39 Å². The molecule has 0 bridgehead atoms. The lowest BCUT2D eigenvalue weighted by Crippen LogP contribution is -2.18. The van der Waals surface area contributed by atoms with Crippen molar-refractivity contribution in [1.82, 2.24) is 24.7 Å². The van der Waals surface area contributed by atoms with Crippen LogP contribution in [-0.4, -0.2) is 31.3 Å². The van der Waals surface area contributed by atoms with E-state index in [9.17, 15) is 4.39 Å². The van der Waals surface area contributed by atoms with E-state index >= 15 is 0 Å². The van der Waals surface area contributed by atoms with Crippen LogP contribution in [0.3, 0.4) is 0 Å². The topological polar surface area (TPSA) is 78.9 Å². The second-order valence-electron chi connectivity index (χ2n) is 8.43. The van der Waals surface area contributed by atoms with Crippen LogP contribution in [0.2, 0.25) is 0 Å². The van der Waals surface area contributed by atoms with Crippen molar-refractivity contribution in [3.8, 4) is 11.1 Å². The van der Waals surface area contributed by atoms with Gasteiger partial charge in [-0.3, -0.25) is 4.98 Å². The average Bonchev–Trinajstić information content (AvgIpc) is 3.53. The number of rotatable bonds is 2. The molecule has 1 aliphatic rings. The molecule has 7 nitrogen and oxygen atoms in total. The maximum Gasteiger partial charge on any atom is 0.247 e. The van der Waals surface area contributed by atoms with Gasteiger partial charge < -0.3 is 9.15 Å². The number of nitrogens with zero attached hydrogens (tertiary/aromatic N) is 5. The Morgan fingerprint density at radius 2 is 1.94 bits per heavy atom. The van der Waals surface area contributed by atoms with Crippen LogP contribution >= 0.6 is 15.9 Å². The Bertz CT molecular complexity index is 1740. The number of aromatic nitrogens is 5. The molecule has 1 unspecified atom stereocenters. The highest BCUT2D eigenvalue weighted by Gasteiger charge is 2.23. The molecule has 1 saturated heterocycles. The molecular formula is C25H17BrFN5O2. The average molecular weight is 518 g/mol. The molecule has 0 radical (unpaired) electrons. The second-order valence-corrected chi connectivity index (χ2v) is 9.29. The summed E-state index contributed by atoms with van der Waals surface area (Å²) in [5.41, 5.74) is 4.49. The number of fused-ring (bicyclic) bond motifs is 5. The van der Waals surface area contributed by atoms with Gasteiger partial charge >= 0.3 is 0 Å². The smallest absolute Gasteiger partial charge is 0.247 e. The van der Waals surface area contributed by atoms with Gasteiger partial charge in [0, 0.05) is 45.2 Å². The first kappa shape index (κ1) is 20.0. The van der Waals surface area contributed by atoms with Crippen LogP contribution in [0.25, 0.3) is 55.1 Å². The number of halogens is 2. The standard InChI is InChI=1S/C25H17BrFN5O2/c26-17-10-15-20(24-25(34-12-29-24)30-21(15)14-4-3-8-28-22(14)17)13-6-7-18(27)23-16(13)11-32(31-23)19-5-1-2-9-33-19/h3-4,6-8,10-12,19H,1-2,5,9H2. The number of hydrogen-bond acceptors (Lipinski definition) is 6. The minimum atomic E-state index is -0.376. The molecule has 5 heterocycles. The van der Waals surface area contributed by atoms with Gasteiger partial charge in [0.05, 0.1) is 11.0 Å². The van der Waals surface area contributed by atoms with Gasteiger partial charge in [-0.15, -0.1) is 0 Å². The molecular weight excluding hydrogens is 501 g/mol. The summed E-state index contributed by atoms with van der Waals surface area (Å²) in [4.78, 5) is 13.7. The first-order valence-electron chi connectivity index (χ1n) is 11.1. The van der Waals surface area contributed by atoms with E-state index in [-0.39, 0.29) is 12.0 Å². The van der Waals surface area contributed by atoms with E-state index in [1.807, 2.05) is 24.4 Å². The van der Waals surface area contributed by atoms with E-state index in [0.717, 1.165) is 56.7 Å². The molecule has 9 heteroatoms. The summed E-state index contributed by atoms with van der Waals surface area (Å²) >= 11 is 3.67. The van der Waals surface area contributed by atoms with Crippen molar-refractivity contribution in [2.24, 2.45) is 0 Å². The largest absolute Gasteiger partial charge is 0.425 e. The van der Waals surface area contributed by atoms with E-state index in [1.165, 1.54) is 12.5 Å². The monoisotopic (exact) mass is 517 g/mol. The summed E-state index contributed by atoms with van der Waals surface area (Å²) in [7, 11) is 0. The first-order chi connectivity index (χ1) is 16.7. The van der Waals surface area contributed by atoms with E-state index < -0.39 is 0 Å². The van der Waals surface area contributed by atoms with E-state index in [4.69, 9.17) is 14.1 Å². The van der Waals surface area contributed by atoms with Crippen molar-refractivity contribution in [3.05, 3.63) is 59.4 Å². The van der Waals surface area contributed by atoms with E-state index in [0.29, 0.717) is 28.7 Å². The molecule has 0 saturated carbocycles. The molecule has 0 spiro atoms. The van der Waals surface area contributed by atoms with Gasteiger partial charge in [-0.1, -0.05) is 6.07 Å². The Kier molecular flexibility index (Phi) is 4.43. The third-order valence-corrected chi connectivity index (χ3v) is 7.05. The summed E-state index contributed by atoms with van der Waals surface area (Å²) in [6, 6.07) is 9.07. The summed E-state index contributed by atoms with van der Waals surface area (Å²) < 4.78 is 29.0. The third-order valence-electron chi connectivity index (χ3n) is 6.45. The van der Waals surface area contributed by atoms with Crippen LogP contribution in [0, 0.1) is 5.82 Å². The van der Waals surface area contributed by atoms with Crippen LogP contribution < -0.4 is 0 Å². The molecule has 1 atom stereocenters. The van der Waals surface area contributed by atoms with Crippen molar-refractivity contribution in [1.29, 1.82) is 0 Å². The number of pyridine rings is 2. The molecule has 1 fully saturated rings. The molecule has 34 heavy (non-hydrogen) atoms. The fourth-order valence-electron chi connectivity index (χ4n) is 4.89. The molecule has 0 aliphatic carbocycles. The van der Waals surface area contributed by atoms with Crippen molar-refractivity contribution < 1.29 is 13.5 Å². The molecule has 2 aromatic carbocycles. The SMILES string of the molecule is Fc1ccc(-c2c3cc(Br)c4ncccc4c3nc3ocnc23)c2cn(C3CCCCO3)nc12. The maximum atomic E-state index is 14.9. The molecule has 6 aromatic rings. The summed E-state index contributed by atoms with van der Waals surface area (Å²) in [5, 5.41) is 7.01. The number of ether oxygens (including phenoxy) is 1. The Morgan fingerprint density at radius 3 is 2.82 bits per heavy atom. The number of hydrogen-bond donors (Lipinski definition) is 0. The zero-order chi connectivity index (χ0) is 22.8.